The second-order valence-electron chi connectivity index (χ2n) is 8.06. The standard InChI is InChI=1S/C21H21N3O3S/c1-21(2,3)16-4-6-18-13(9-16)8-14(11-22)20(23-18)28-19-7-5-17(24(26)27)10-15(19)12-25/h5,7-8,10,12,16H,4,6,9H2,1-3H3/t16-/m1/s1. The smallest absolute Gasteiger partial charge is 0.270 e. The van der Waals surface area contributed by atoms with Crippen LogP contribution in [0.4, 0.5) is 5.69 Å². The molecule has 1 aromatic heterocycles. The average Bonchev–Trinajstić information content (AvgIpc) is 2.66. The fraction of sp³-hybridized carbons (Fsp3) is 0.381. The number of nitro benzene ring substituents is 1. The number of hydrogen-bond acceptors (Lipinski definition) is 6. The minimum atomic E-state index is -0.537. The molecule has 0 amide bonds. The third-order valence-electron chi connectivity index (χ3n) is 5.24. The van der Waals surface area contributed by atoms with E-state index in [1.807, 2.05) is 6.07 Å². The normalized spacial score (nSPS) is 16.1. The first kappa shape index (κ1) is 20.0. The molecule has 0 saturated carbocycles. The number of nitriles is 1. The van der Waals surface area contributed by atoms with Crippen LogP contribution in [-0.2, 0) is 12.8 Å². The van der Waals surface area contributed by atoms with Gasteiger partial charge in [0.2, 0.25) is 0 Å². The molecule has 6 nitrogen and oxygen atoms in total. The molecular weight excluding hydrogens is 374 g/mol. The Balaban J connectivity index is 1.96. The number of nitro groups is 1. The fourth-order valence-electron chi connectivity index (χ4n) is 3.48. The van der Waals surface area contributed by atoms with Gasteiger partial charge in [-0.25, -0.2) is 4.98 Å². The topological polar surface area (TPSA) is 96.9 Å². The second-order valence-corrected chi connectivity index (χ2v) is 9.09. The highest BCUT2D eigenvalue weighted by atomic mass is 32.2. The monoisotopic (exact) mass is 395 g/mol. The summed E-state index contributed by atoms with van der Waals surface area (Å²) in [4.78, 5) is 27.0. The van der Waals surface area contributed by atoms with E-state index in [1.54, 1.807) is 0 Å². The van der Waals surface area contributed by atoms with E-state index >= 15 is 0 Å². The molecule has 28 heavy (non-hydrogen) atoms. The molecule has 0 saturated heterocycles. The molecule has 0 bridgehead atoms. The highest BCUT2D eigenvalue weighted by molar-refractivity contribution is 7.99. The number of carbonyl (C=O) groups excluding carboxylic acids is 1. The van der Waals surface area contributed by atoms with Crippen molar-refractivity contribution in [1.29, 1.82) is 5.26 Å². The first-order chi connectivity index (χ1) is 13.2. The quantitative estimate of drug-likeness (QED) is 0.412. The first-order valence-electron chi connectivity index (χ1n) is 9.07. The molecule has 1 aromatic carbocycles. The van der Waals surface area contributed by atoms with Gasteiger partial charge in [-0.1, -0.05) is 32.5 Å². The number of aryl methyl sites for hydroxylation is 1. The van der Waals surface area contributed by atoms with Crippen LogP contribution in [-0.4, -0.2) is 16.2 Å². The molecule has 0 radical (unpaired) electrons. The van der Waals surface area contributed by atoms with Crippen LogP contribution in [0.1, 0.15) is 54.4 Å². The van der Waals surface area contributed by atoms with Crippen LogP contribution in [0, 0.1) is 32.8 Å². The number of non-ortho nitro benzene ring substituents is 1. The van der Waals surface area contributed by atoms with Crippen molar-refractivity contribution in [1.82, 2.24) is 4.98 Å². The van der Waals surface area contributed by atoms with Crippen molar-refractivity contribution in [2.75, 3.05) is 0 Å². The molecule has 1 atom stereocenters. The number of aromatic nitrogens is 1. The lowest BCUT2D eigenvalue weighted by molar-refractivity contribution is -0.384. The summed E-state index contributed by atoms with van der Waals surface area (Å²) >= 11 is 1.20. The molecule has 0 aliphatic heterocycles. The van der Waals surface area contributed by atoms with E-state index in [0.717, 1.165) is 30.5 Å². The zero-order chi connectivity index (χ0) is 20.5. The van der Waals surface area contributed by atoms with Gasteiger partial charge in [0.25, 0.3) is 5.69 Å². The van der Waals surface area contributed by atoms with Crippen LogP contribution in [0.3, 0.4) is 0 Å². The molecular formula is C21H21N3O3S. The lowest BCUT2D eigenvalue weighted by Crippen LogP contribution is -2.27. The number of fused-ring (bicyclic) bond motifs is 1. The maximum absolute atomic E-state index is 11.4. The summed E-state index contributed by atoms with van der Waals surface area (Å²) < 4.78 is 0. The fourth-order valence-corrected chi connectivity index (χ4v) is 4.42. The zero-order valence-corrected chi connectivity index (χ0v) is 16.9. The number of hydrogen-bond donors (Lipinski definition) is 0. The van der Waals surface area contributed by atoms with Gasteiger partial charge in [0.1, 0.15) is 11.1 Å². The van der Waals surface area contributed by atoms with Crippen LogP contribution in [0.5, 0.6) is 0 Å². The van der Waals surface area contributed by atoms with Crippen molar-refractivity contribution in [2.24, 2.45) is 11.3 Å². The van der Waals surface area contributed by atoms with E-state index in [1.165, 1.54) is 30.0 Å². The van der Waals surface area contributed by atoms with Crippen LogP contribution in [0.15, 0.2) is 34.2 Å². The van der Waals surface area contributed by atoms with Crippen molar-refractivity contribution >= 4 is 23.7 Å². The number of rotatable bonds is 4. The molecule has 144 valence electrons. The summed E-state index contributed by atoms with van der Waals surface area (Å²) in [5.41, 5.74) is 2.86. The van der Waals surface area contributed by atoms with Crippen molar-refractivity contribution < 1.29 is 9.72 Å². The van der Waals surface area contributed by atoms with E-state index in [2.05, 4.69) is 26.8 Å². The Hall–Kier alpha value is -2.72. The van der Waals surface area contributed by atoms with E-state index in [-0.39, 0.29) is 16.7 Å². The lowest BCUT2D eigenvalue weighted by atomic mass is 9.71. The summed E-state index contributed by atoms with van der Waals surface area (Å²) in [5, 5.41) is 21.1. The number of pyridine rings is 1. The van der Waals surface area contributed by atoms with Gasteiger partial charge in [0.05, 0.1) is 10.5 Å². The number of aldehydes is 1. The average molecular weight is 395 g/mol. The third-order valence-corrected chi connectivity index (χ3v) is 6.33. The Bertz CT molecular complexity index is 990. The number of nitrogens with zero attached hydrogens (tertiary/aromatic N) is 3. The first-order valence-corrected chi connectivity index (χ1v) is 9.89. The predicted molar refractivity (Wildman–Crippen MR) is 107 cm³/mol. The Morgan fingerprint density at radius 2 is 2.11 bits per heavy atom. The van der Waals surface area contributed by atoms with Gasteiger partial charge >= 0.3 is 0 Å². The highest BCUT2D eigenvalue weighted by Crippen LogP contribution is 2.39. The minimum Gasteiger partial charge on any atom is -0.298 e. The van der Waals surface area contributed by atoms with E-state index < -0.39 is 4.92 Å². The van der Waals surface area contributed by atoms with Crippen LogP contribution in [0.2, 0.25) is 0 Å². The summed E-state index contributed by atoms with van der Waals surface area (Å²) in [5.74, 6) is 0.545. The van der Waals surface area contributed by atoms with Crippen LogP contribution in [0.25, 0.3) is 0 Å². The van der Waals surface area contributed by atoms with Crippen LogP contribution < -0.4 is 0 Å². The van der Waals surface area contributed by atoms with Gasteiger partial charge in [0, 0.05) is 28.3 Å². The molecule has 0 unspecified atom stereocenters. The van der Waals surface area contributed by atoms with Gasteiger partial charge < -0.3 is 0 Å². The van der Waals surface area contributed by atoms with Gasteiger partial charge in [-0.2, -0.15) is 5.26 Å². The third kappa shape index (κ3) is 4.07. The molecule has 2 aromatic rings. The minimum absolute atomic E-state index is 0.140. The van der Waals surface area contributed by atoms with E-state index in [4.69, 9.17) is 4.98 Å². The SMILES string of the molecule is CC(C)(C)[C@@H]1CCc2nc(Sc3ccc([N+](=O)[O-])cc3C=O)c(C#N)cc2C1. The Kier molecular flexibility index (Phi) is 5.52. The molecule has 0 spiro atoms. The molecule has 7 heteroatoms. The highest BCUT2D eigenvalue weighted by Gasteiger charge is 2.30. The van der Waals surface area contributed by atoms with Crippen molar-refractivity contribution in [3.63, 3.8) is 0 Å². The summed E-state index contributed by atoms with van der Waals surface area (Å²) in [6.07, 6.45) is 3.41. The van der Waals surface area contributed by atoms with Crippen molar-refractivity contribution in [2.45, 2.75) is 50.0 Å². The summed E-state index contributed by atoms with van der Waals surface area (Å²) in [7, 11) is 0. The Morgan fingerprint density at radius 1 is 1.36 bits per heavy atom. The Labute approximate surface area is 168 Å². The van der Waals surface area contributed by atoms with Crippen LogP contribution >= 0.6 is 11.8 Å². The lowest BCUT2D eigenvalue weighted by Gasteiger charge is -2.34. The van der Waals surface area contributed by atoms with E-state index in [9.17, 15) is 20.2 Å². The number of benzene rings is 1. The van der Waals surface area contributed by atoms with Crippen molar-refractivity contribution in [3.05, 3.63) is 56.8 Å². The van der Waals surface area contributed by atoms with Gasteiger partial charge in [-0.05, 0) is 48.3 Å². The molecule has 1 heterocycles. The molecule has 1 aliphatic rings. The largest absolute Gasteiger partial charge is 0.298 e. The van der Waals surface area contributed by atoms with Gasteiger partial charge in [-0.15, -0.1) is 0 Å². The predicted octanol–water partition coefficient (Wildman–Crippen LogP) is 4.98. The van der Waals surface area contributed by atoms with Gasteiger partial charge in [-0.3, -0.25) is 14.9 Å². The van der Waals surface area contributed by atoms with Gasteiger partial charge in [0.15, 0.2) is 6.29 Å². The molecule has 0 N–H and O–H groups in total. The van der Waals surface area contributed by atoms with Crippen molar-refractivity contribution in [3.8, 4) is 6.07 Å². The van der Waals surface area contributed by atoms with E-state index in [0.29, 0.717) is 27.7 Å². The molecule has 3 rings (SSSR count). The summed E-state index contributed by atoms with van der Waals surface area (Å²) in [6.45, 7) is 6.71. The maximum Gasteiger partial charge on any atom is 0.270 e. The molecule has 0 fully saturated rings. The number of carbonyl (C=O) groups is 1. The maximum atomic E-state index is 11.4. The summed E-state index contributed by atoms with van der Waals surface area (Å²) in [6, 6.07) is 8.25. The zero-order valence-electron chi connectivity index (χ0n) is 16.1. The molecule has 1 aliphatic carbocycles. The Morgan fingerprint density at radius 3 is 2.71 bits per heavy atom. The second kappa shape index (κ2) is 7.72.